The molecule has 1 amide bonds. The van der Waals surface area contributed by atoms with E-state index in [-0.39, 0.29) is 25.0 Å². The number of hydrogen-bond donors (Lipinski definition) is 1. The van der Waals surface area contributed by atoms with Gasteiger partial charge < -0.3 is 5.11 Å². The van der Waals surface area contributed by atoms with Crippen LogP contribution >= 0.6 is 11.8 Å². The second kappa shape index (κ2) is 8.57. The Morgan fingerprint density at radius 2 is 2.16 bits per heavy atom. The predicted octanol–water partition coefficient (Wildman–Crippen LogP) is 1.90. The van der Waals surface area contributed by atoms with Gasteiger partial charge in [0.2, 0.25) is 5.91 Å². The van der Waals surface area contributed by atoms with Crippen molar-refractivity contribution in [2.45, 2.75) is 6.92 Å². The normalized spacial score (nSPS) is 11.6. The first-order valence-electron chi connectivity index (χ1n) is 6.10. The summed E-state index contributed by atoms with van der Waals surface area (Å²) in [6, 6.07) is 11.2. The Morgan fingerprint density at radius 1 is 1.47 bits per heavy atom. The number of benzene rings is 1. The van der Waals surface area contributed by atoms with Gasteiger partial charge in [0.25, 0.3) is 0 Å². The fourth-order valence-electron chi connectivity index (χ4n) is 1.48. The fourth-order valence-corrected chi connectivity index (χ4v) is 2.44. The van der Waals surface area contributed by atoms with Crippen molar-refractivity contribution in [1.29, 1.82) is 5.26 Å². The number of nitriles is 1. The monoisotopic (exact) mass is 278 g/mol. The molecule has 1 rings (SSSR count). The van der Waals surface area contributed by atoms with E-state index in [1.54, 1.807) is 0 Å². The average Bonchev–Trinajstić information content (AvgIpc) is 2.45. The molecule has 0 bridgehead atoms. The van der Waals surface area contributed by atoms with E-state index in [1.165, 1.54) is 16.7 Å². The van der Waals surface area contributed by atoms with Crippen LogP contribution in [0.2, 0.25) is 0 Å². The van der Waals surface area contributed by atoms with E-state index in [1.807, 2.05) is 43.3 Å². The third-order valence-electron chi connectivity index (χ3n) is 2.54. The van der Waals surface area contributed by atoms with E-state index in [2.05, 4.69) is 0 Å². The molecular formula is C14H18N2O2S. The molecule has 1 aromatic carbocycles. The predicted molar refractivity (Wildman–Crippen MR) is 78.0 cm³/mol. The number of amides is 1. The van der Waals surface area contributed by atoms with Crippen LogP contribution < -0.4 is 4.90 Å². The standard InChI is InChI=1S/C14H18N2O2S/c1-12(9-17)10-19-11-14(18)16(8-7-15)13-5-3-2-4-6-13/h2-6,12,17H,8-11H2,1H3. The minimum Gasteiger partial charge on any atom is -0.396 e. The van der Waals surface area contributed by atoms with Crippen molar-refractivity contribution in [1.82, 2.24) is 0 Å². The summed E-state index contributed by atoms with van der Waals surface area (Å²) in [4.78, 5) is 13.6. The van der Waals surface area contributed by atoms with E-state index >= 15 is 0 Å². The maximum atomic E-state index is 12.1. The van der Waals surface area contributed by atoms with Crippen molar-refractivity contribution in [3.05, 3.63) is 30.3 Å². The third kappa shape index (κ3) is 5.33. The van der Waals surface area contributed by atoms with Crippen LogP contribution in [0.3, 0.4) is 0 Å². The molecule has 0 saturated heterocycles. The molecule has 0 spiro atoms. The highest BCUT2D eigenvalue weighted by molar-refractivity contribution is 7.99. The number of para-hydroxylation sites is 1. The highest BCUT2D eigenvalue weighted by atomic mass is 32.2. The topological polar surface area (TPSA) is 64.3 Å². The molecule has 1 aromatic rings. The zero-order valence-electron chi connectivity index (χ0n) is 11.0. The number of hydrogen-bond acceptors (Lipinski definition) is 4. The van der Waals surface area contributed by atoms with Gasteiger partial charge in [0.15, 0.2) is 0 Å². The summed E-state index contributed by atoms with van der Waals surface area (Å²) in [6.45, 7) is 2.11. The van der Waals surface area contributed by atoms with Crippen molar-refractivity contribution >= 4 is 23.4 Å². The zero-order valence-corrected chi connectivity index (χ0v) is 11.8. The Kier molecular flexibility index (Phi) is 7.01. The first kappa shape index (κ1) is 15.5. The van der Waals surface area contributed by atoms with Gasteiger partial charge >= 0.3 is 0 Å². The molecule has 0 fully saturated rings. The Hall–Kier alpha value is -1.51. The molecule has 0 heterocycles. The van der Waals surface area contributed by atoms with Gasteiger partial charge in [0.1, 0.15) is 6.54 Å². The summed E-state index contributed by atoms with van der Waals surface area (Å²) < 4.78 is 0. The molecule has 0 aliphatic heterocycles. The maximum Gasteiger partial charge on any atom is 0.237 e. The molecule has 0 saturated carbocycles. The Morgan fingerprint density at radius 3 is 2.74 bits per heavy atom. The van der Waals surface area contributed by atoms with Crippen LogP contribution in [-0.2, 0) is 4.79 Å². The molecular weight excluding hydrogens is 260 g/mol. The molecule has 1 N–H and O–H groups in total. The minimum atomic E-state index is -0.0807. The van der Waals surface area contributed by atoms with Gasteiger partial charge in [-0.3, -0.25) is 9.69 Å². The van der Waals surface area contributed by atoms with E-state index in [0.29, 0.717) is 5.75 Å². The van der Waals surface area contributed by atoms with E-state index < -0.39 is 0 Å². The van der Waals surface area contributed by atoms with Gasteiger partial charge in [-0.05, 0) is 23.8 Å². The molecule has 0 aliphatic carbocycles. The summed E-state index contributed by atoms with van der Waals surface area (Å²) in [5.41, 5.74) is 0.741. The van der Waals surface area contributed by atoms with Crippen molar-refractivity contribution in [2.24, 2.45) is 5.92 Å². The molecule has 102 valence electrons. The maximum absolute atomic E-state index is 12.1. The lowest BCUT2D eigenvalue weighted by atomic mass is 10.2. The average molecular weight is 278 g/mol. The van der Waals surface area contributed by atoms with Gasteiger partial charge in [0.05, 0.1) is 11.8 Å². The van der Waals surface area contributed by atoms with Crippen LogP contribution in [0.25, 0.3) is 0 Å². The highest BCUT2D eigenvalue weighted by Crippen LogP contribution is 2.15. The number of thioether (sulfide) groups is 1. The van der Waals surface area contributed by atoms with Crippen LogP contribution in [0.5, 0.6) is 0 Å². The van der Waals surface area contributed by atoms with Crippen molar-refractivity contribution < 1.29 is 9.90 Å². The first-order valence-corrected chi connectivity index (χ1v) is 7.25. The van der Waals surface area contributed by atoms with E-state index in [4.69, 9.17) is 10.4 Å². The summed E-state index contributed by atoms with van der Waals surface area (Å²) in [5, 5.41) is 17.7. The minimum absolute atomic E-state index is 0.0545. The number of aliphatic hydroxyl groups is 1. The Bertz CT molecular complexity index is 431. The van der Waals surface area contributed by atoms with Crippen molar-refractivity contribution in [2.75, 3.05) is 29.6 Å². The second-order valence-electron chi connectivity index (χ2n) is 4.28. The largest absolute Gasteiger partial charge is 0.396 e. The van der Waals surface area contributed by atoms with Crippen LogP contribution in [0.15, 0.2) is 30.3 Å². The molecule has 0 aliphatic rings. The number of anilines is 1. The number of carbonyl (C=O) groups is 1. The number of carbonyl (C=O) groups excluding carboxylic acids is 1. The highest BCUT2D eigenvalue weighted by Gasteiger charge is 2.15. The quantitative estimate of drug-likeness (QED) is 0.774. The Balaban J connectivity index is 2.57. The summed E-state index contributed by atoms with van der Waals surface area (Å²) >= 11 is 1.48. The van der Waals surface area contributed by atoms with Gasteiger partial charge in [0, 0.05) is 12.3 Å². The van der Waals surface area contributed by atoms with Gasteiger partial charge in [-0.25, -0.2) is 0 Å². The second-order valence-corrected chi connectivity index (χ2v) is 5.31. The first-order chi connectivity index (χ1) is 9.19. The summed E-state index contributed by atoms with van der Waals surface area (Å²) in [7, 11) is 0. The van der Waals surface area contributed by atoms with Crippen molar-refractivity contribution in [3.63, 3.8) is 0 Å². The molecule has 1 atom stereocenters. The number of aliphatic hydroxyl groups excluding tert-OH is 1. The zero-order chi connectivity index (χ0) is 14.1. The Labute approximate surface area is 118 Å². The molecule has 19 heavy (non-hydrogen) atoms. The van der Waals surface area contributed by atoms with E-state index in [9.17, 15) is 4.79 Å². The van der Waals surface area contributed by atoms with Crippen LogP contribution in [0.4, 0.5) is 5.69 Å². The number of rotatable bonds is 7. The molecule has 0 radical (unpaired) electrons. The van der Waals surface area contributed by atoms with Crippen molar-refractivity contribution in [3.8, 4) is 6.07 Å². The van der Waals surface area contributed by atoms with Crippen LogP contribution in [-0.4, -0.2) is 35.7 Å². The summed E-state index contributed by atoms with van der Waals surface area (Å²) in [6.07, 6.45) is 0. The smallest absolute Gasteiger partial charge is 0.237 e. The van der Waals surface area contributed by atoms with Gasteiger partial charge in [-0.2, -0.15) is 17.0 Å². The molecule has 0 aromatic heterocycles. The third-order valence-corrected chi connectivity index (χ3v) is 3.79. The lowest BCUT2D eigenvalue weighted by Gasteiger charge is -2.19. The van der Waals surface area contributed by atoms with Gasteiger partial charge in [-0.15, -0.1) is 0 Å². The van der Waals surface area contributed by atoms with Crippen LogP contribution in [0.1, 0.15) is 6.92 Å². The van der Waals surface area contributed by atoms with E-state index in [0.717, 1.165) is 11.4 Å². The SMILES string of the molecule is CC(CO)CSCC(=O)N(CC#N)c1ccccc1. The number of nitrogens with zero attached hydrogens (tertiary/aromatic N) is 2. The fraction of sp³-hybridized carbons (Fsp3) is 0.429. The lowest BCUT2D eigenvalue weighted by Crippen LogP contribution is -2.33. The lowest BCUT2D eigenvalue weighted by molar-refractivity contribution is -0.116. The summed E-state index contributed by atoms with van der Waals surface area (Å²) in [5.74, 6) is 1.15. The van der Waals surface area contributed by atoms with Gasteiger partial charge in [-0.1, -0.05) is 25.1 Å². The molecule has 5 heteroatoms. The molecule has 1 unspecified atom stereocenters. The molecule has 4 nitrogen and oxygen atoms in total. The van der Waals surface area contributed by atoms with Crippen LogP contribution in [0, 0.1) is 17.2 Å².